The first-order valence-electron chi connectivity index (χ1n) is 10.5. The molecule has 0 spiro atoms. The number of benzene rings is 1. The SMILES string of the molecule is CCc1ccccc1-c1cc2cc(CCC(=O)c3cc[n+](C)c(C)c3C)cnc2[nH]1. The van der Waals surface area contributed by atoms with Crippen LogP contribution in [0.4, 0.5) is 0 Å². The number of nitrogens with one attached hydrogen (secondary N) is 1. The van der Waals surface area contributed by atoms with Crippen molar-refractivity contribution in [1.29, 1.82) is 0 Å². The summed E-state index contributed by atoms with van der Waals surface area (Å²) in [5.74, 6) is 0.183. The molecule has 0 aliphatic heterocycles. The number of hydrogen-bond acceptors (Lipinski definition) is 2. The van der Waals surface area contributed by atoms with Crippen LogP contribution in [-0.2, 0) is 19.9 Å². The van der Waals surface area contributed by atoms with E-state index in [9.17, 15) is 4.79 Å². The van der Waals surface area contributed by atoms with Gasteiger partial charge in [0.05, 0.1) is 0 Å². The lowest BCUT2D eigenvalue weighted by Gasteiger charge is -2.06. The quantitative estimate of drug-likeness (QED) is 0.365. The van der Waals surface area contributed by atoms with Gasteiger partial charge in [-0.2, -0.15) is 0 Å². The Morgan fingerprint density at radius 1 is 1.13 bits per heavy atom. The first-order valence-corrected chi connectivity index (χ1v) is 10.5. The van der Waals surface area contributed by atoms with Gasteiger partial charge in [-0.05, 0) is 43.0 Å². The summed E-state index contributed by atoms with van der Waals surface area (Å²) in [7, 11) is 2.00. The van der Waals surface area contributed by atoms with Crippen LogP contribution in [0.3, 0.4) is 0 Å². The van der Waals surface area contributed by atoms with Crippen molar-refractivity contribution in [1.82, 2.24) is 9.97 Å². The number of carbonyl (C=O) groups is 1. The maximum absolute atomic E-state index is 12.8. The fraction of sp³-hybridized carbons (Fsp3) is 0.269. The van der Waals surface area contributed by atoms with E-state index < -0.39 is 0 Å². The van der Waals surface area contributed by atoms with Gasteiger partial charge >= 0.3 is 0 Å². The molecule has 0 amide bonds. The molecule has 4 aromatic rings. The third-order valence-electron chi connectivity index (χ3n) is 6.10. The van der Waals surface area contributed by atoms with Crippen LogP contribution in [0.25, 0.3) is 22.3 Å². The Labute approximate surface area is 177 Å². The molecule has 30 heavy (non-hydrogen) atoms. The molecule has 0 unspecified atom stereocenters. The molecule has 1 aromatic carbocycles. The summed E-state index contributed by atoms with van der Waals surface area (Å²) >= 11 is 0. The molecule has 0 bridgehead atoms. The predicted octanol–water partition coefficient (Wildman–Crippen LogP) is 5.05. The first kappa shape index (κ1) is 20.0. The van der Waals surface area contributed by atoms with Crippen molar-refractivity contribution >= 4 is 16.8 Å². The number of ketones is 1. The summed E-state index contributed by atoms with van der Waals surface area (Å²) in [6.45, 7) is 6.24. The van der Waals surface area contributed by atoms with E-state index in [4.69, 9.17) is 0 Å². The van der Waals surface area contributed by atoms with Crippen LogP contribution in [0.15, 0.2) is 54.9 Å². The lowest BCUT2D eigenvalue weighted by Crippen LogP contribution is -2.33. The molecule has 0 radical (unpaired) electrons. The number of pyridine rings is 2. The summed E-state index contributed by atoms with van der Waals surface area (Å²) in [4.78, 5) is 20.8. The van der Waals surface area contributed by atoms with Gasteiger partial charge in [0, 0.05) is 53.4 Å². The van der Waals surface area contributed by atoms with Gasteiger partial charge in [0.2, 0.25) is 0 Å². The van der Waals surface area contributed by atoms with E-state index >= 15 is 0 Å². The smallest absolute Gasteiger partial charge is 0.181 e. The third kappa shape index (κ3) is 3.78. The van der Waals surface area contributed by atoms with E-state index in [1.54, 1.807) is 0 Å². The Balaban J connectivity index is 1.54. The Morgan fingerprint density at radius 3 is 2.73 bits per heavy atom. The normalized spacial score (nSPS) is 11.2. The number of Topliss-reactive ketones (excluding diaryl/α,β-unsaturated/α-hetero) is 1. The van der Waals surface area contributed by atoms with Gasteiger partial charge in [0.15, 0.2) is 17.7 Å². The summed E-state index contributed by atoms with van der Waals surface area (Å²) in [6, 6.07) is 14.7. The highest BCUT2D eigenvalue weighted by Crippen LogP contribution is 2.27. The highest BCUT2D eigenvalue weighted by molar-refractivity contribution is 5.97. The highest BCUT2D eigenvalue weighted by atomic mass is 16.1. The Morgan fingerprint density at radius 2 is 1.93 bits per heavy atom. The zero-order chi connectivity index (χ0) is 21.3. The first-order chi connectivity index (χ1) is 14.5. The van der Waals surface area contributed by atoms with E-state index in [0.29, 0.717) is 12.8 Å². The lowest BCUT2D eigenvalue weighted by atomic mass is 9.99. The summed E-state index contributed by atoms with van der Waals surface area (Å²) in [5.41, 5.74) is 8.59. The average Bonchev–Trinajstić information content (AvgIpc) is 3.19. The van der Waals surface area contributed by atoms with Crippen LogP contribution in [-0.4, -0.2) is 15.8 Å². The van der Waals surface area contributed by atoms with Crippen molar-refractivity contribution in [2.45, 2.75) is 40.0 Å². The molecule has 152 valence electrons. The molecule has 0 saturated heterocycles. The molecule has 0 aliphatic rings. The maximum Gasteiger partial charge on any atom is 0.181 e. The second kappa shape index (κ2) is 8.23. The largest absolute Gasteiger partial charge is 0.339 e. The summed E-state index contributed by atoms with van der Waals surface area (Å²) in [5, 5.41) is 1.08. The van der Waals surface area contributed by atoms with E-state index in [-0.39, 0.29) is 5.78 Å². The predicted molar refractivity (Wildman–Crippen MR) is 121 cm³/mol. The number of hydrogen-bond donors (Lipinski definition) is 1. The highest BCUT2D eigenvalue weighted by Gasteiger charge is 2.16. The minimum absolute atomic E-state index is 0.183. The molecule has 3 aromatic heterocycles. The Bertz CT molecular complexity index is 1240. The fourth-order valence-electron chi connectivity index (χ4n) is 4.01. The molecule has 1 N–H and O–H groups in total. The Hall–Kier alpha value is -3.27. The van der Waals surface area contributed by atoms with Crippen molar-refractivity contribution in [3.8, 4) is 11.3 Å². The van der Waals surface area contributed by atoms with Gasteiger partial charge in [0.25, 0.3) is 0 Å². The summed E-state index contributed by atoms with van der Waals surface area (Å²) < 4.78 is 2.05. The van der Waals surface area contributed by atoms with Crippen LogP contribution in [0, 0.1) is 13.8 Å². The lowest BCUT2D eigenvalue weighted by molar-refractivity contribution is -0.678. The van der Waals surface area contributed by atoms with Crippen LogP contribution in [0.2, 0.25) is 0 Å². The third-order valence-corrected chi connectivity index (χ3v) is 6.10. The van der Waals surface area contributed by atoms with Crippen molar-refractivity contribution in [2.75, 3.05) is 0 Å². The minimum Gasteiger partial charge on any atom is -0.339 e. The molecule has 3 heterocycles. The maximum atomic E-state index is 12.8. The van der Waals surface area contributed by atoms with Crippen LogP contribution < -0.4 is 4.57 Å². The molecular weight excluding hydrogens is 370 g/mol. The van der Waals surface area contributed by atoms with Gasteiger partial charge in [-0.25, -0.2) is 9.55 Å². The number of nitrogens with zero attached hydrogens (tertiary/aromatic N) is 2. The number of aromatic amines is 1. The van der Waals surface area contributed by atoms with E-state index in [1.165, 1.54) is 11.1 Å². The molecule has 0 aliphatic carbocycles. The molecule has 0 saturated carbocycles. The molecule has 4 rings (SSSR count). The van der Waals surface area contributed by atoms with Gasteiger partial charge < -0.3 is 4.98 Å². The number of H-pyrrole nitrogens is 1. The number of rotatable bonds is 6. The molecule has 0 fully saturated rings. The van der Waals surface area contributed by atoms with Gasteiger partial charge in [0.1, 0.15) is 12.7 Å². The van der Waals surface area contributed by atoms with Gasteiger partial charge in [-0.15, -0.1) is 0 Å². The molecular formula is C26H28N3O+. The second-order valence-electron chi connectivity index (χ2n) is 7.95. The van der Waals surface area contributed by atoms with E-state index in [2.05, 4.69) is 53.3 Å². The van der Waals surface area contributed by atoms with Crippen molar-refractivity contribution in [3.05, 3.63) is 82.8 Å². The number of fused-ring (bicyclic) bond motifs is 1. The fourth-order valence-corrected chi connectivity index (χ4v) is 4.01. The number of carbonyl (C=O) groups excluding carboxylic acids is 1. The minimum atomic E-state index is 0.183. The standard InChI is InChI=1S/C26H27N3O/c1-5-20-8-6-7-9-23(20)24-15-21-14-19(16-27-26(21)28-24)10-11-25(30)22-12-13-29(4)18(3)17(22)2/h6-9,12-16H,5,10-11H2,1-4H3/p+1. The zero-order valence-electron chi connectivity index (χ0n) is 18.1. The van der Waals surface area contributed by atoms with Crippen molar-refractivity contribution in [3.63, 3.8) is 0 Å². The number of aryl methyl sites for hydroxylation is 3. The molecule has 4 heteroatoms. The van der Waals surface area contributed by atoms with E-state index in [0.717, 1.165) is 45.5 Å². The zero-order valence-corrected chi connectivity index (χ0v) is 18.1. The van der Waals surface area contributed by atoms with Crippen molar-refractivity contribution in [2.24, 2.45) is 7.05 Å². The van der Waals surface area contributed by atoms with Crippen LogP contribution in [0.1, 0.15) is 46.1 Å². The van der Waals surface area contributed by atoms with Crippen LogP contribution >= 0.6 is 0 Å². The van der Waals surface area contributed by atoms with E-state index in [1.807, 2.05) is 43.9 Å². The monoisotopic (exact) mass is 398 g/mol. The molecule has 0 atom stereocenters. The summed E-state index contributed by atoms with van der Waals surface area (Å²) in [6.07, 6.45) is 6.00. The second-order valence-corrected chi connectivity index (χ2v) is 7.95. The van der Waals surface area contributed by atoms with Crippen molar-refractivity contribution < 1.29 is 9.36 Å². The van der Waals surface area contributed by atoms with Crippen LogP contribution in [0.5, 0.6) is 0 Å². The topological polar surface area (TPSA) is 49.6 Å². The van der Waals surface area contributed by atoms with Gasteiger partial charge in [-0.3, -0.25) is 4.79 Å². The van der Waals surface area contributed by atoms with Gasteiger partial charge in [-0.1, -0.05) is 31.2 Å². The Kier molecular flexibility index (Phi) is 5.49. The number of aromatic nitrogens is 3. The average molecular weight is 399 g/mol. The molecule has 4 nitrogen and oxygen atoms in total.